The van der Waals surface area contributed by atoms with Gasteiger partial charge < -0.3 is 10.2 Å². The van der Waals surface area contributed by atoms with Gasteiger partial charge in [-0.05, 0) is 25.7 Å². The van der Waals surface area contributed by atoms with Crippen molar-refractivity contribution in [3.8, 4) is 0 Å². The van der Waals surface area contributed by atoms with E-state index in [2.05, 4.69) is 11.9 Å². The van der Waals surface area contributed by atoms with Crippen molar-refractivity contribution in [1.29, 1.82) is 0 Å². The molecule has 1 saturated heterocycles. The lowest BCUT2D eigenvalue weighted by molar-refractivity contribution is -0.163. The molecule has 0 aromatic rings. The van der Waals surface area contributed by atoms with Gasteiger partial charge in [0.15, 0.2) is 0 Å². The predicted octanol–water partition coefficient (Wildman–Crippen LogP) is 2.00. The Labute approximate surface area is 115 Å². The van der Waals surface area contributed by atoms with Crippen LogP contribution in [0.4, 0.5) is 0 Å². The number of hydrogen-bond donors (Lipinski definition) is 1. The molecule has 0 aromatic heterocycles. The van der Waals surface area contributed by atoms with Crippen molar-refractivity contribution in [2.45, 2.75) is 63.5 Å². The molecule has 0 bridgehead atoms. The Morgan fingerprint density at radius 3 is 2.32 bits per heavy atom. The number of nitrogens with one attached hydrogen (secondary N) is 1. The molecule has 4 nitrogen and oxygen atoms in total. The minimum absolute atomic E-state index is 0.0147. The van der Waals surface area contributed by atoms with Gasteiger partial charge in [-0.15, -0.1) is 6.58 Å². The minimum atomic E-state index is -0.695. The van der Waals surface area contributed by atoms with Gasteiger partial charge >= 0.3 is 0 Å². The van der Waals surface area contributed by atoms with E-state index in [1.165, 1.54) is 0 Å². The Bertz CT molecular complexity index is 393. The highest BCUT2D eigenvalue weighted by Gasteiger charge is 2.57. The van der Waals surface area contributed by atoms with Crippen molar-refractivity contribution in [2.24, 2.45) is 0 Å². The predicted molar refractivity (Wildman–Crippen MR) is 74.6 cm³/mol. The summed E-state index contributed by atoms with van der Waals surface area (Å²) >= 11 is 0. The summed E-state index contributed by atoms with van der Waals surface area (Å²) in [6.45, 7) is 8.13. The van der Waals surface area contributed by atoms with Crippen LogP contribution >= 0.6 is 0 Å². The summed E-state index contributed by atoms with van der Waals surface area (Å²) in [4.78, 5) is 27.3. The fourth-order valence-corrected chi connectivity index (χ4v) is 3.62. The summed E-state index contributed by atoms with van der Waals surface area (Å²) in [5, 5.41) is 3.06. The lowest BCUT2D eigenvalue weighted by Gasteiger charge is -2.51. The maximum absolute atomic E-state index is 12.9. The topological polar surface area (TPSA) is 49.4 Å². The van der Waals surface area contributed by atoms with Gasteiger partial charge in [-0.3, -0.25) is 9.59 Å². The van der Waals surface area contributed by atoms with E-state index in [1.807, 2.05) is 13.8 Å². The van der Waals surface area contributed by atoms with Gasteiger partial charge in [0.25, 0.3) is 0 Å². The van der Waals surface area contributed by atoms with Gasteiger partial charge in [-0.25, -0.2) is 0 Å². The van der Waals surface area contributed by atoms with Crippen LogP contribution in [0.3, 0.4) is 0 Å². The number of nitrogens with zero attached hydrogens (tertiary/aromatic N) is 1. The highest BCUT2D eigenvalue weighted by molar-refractivity contribution is 6.02. The summed E-state index contributed by atoms with van der Waals surface area (Å²) in [7, 11) is 0. The van der Waals surface area contributed by atoms with Crippen molar-refractivity contribution >= 4 is 11.8 Å². The molecule has 0 atom stereocenters. The first-order valence-electron chi connectivity index (χ1n) is 7.32. The molecular formula is C15H24N2O2. The number of hydrogen-bond acceptors (Lipinski definition) is 2. The molecule has 1 saturated carbocycles. The monoisotopic (exact) mass is 264 g/mol. The molecule has 1 aliphatic heterocycles. The third-order valence-electron chi connectivity index (χ3n) is 4.89. The van der Waals surface area contributed by atoms with Crippen LogP contribution < -0.4 is 5.32 Å². The largest absolute Gasteiger partial charge is 0.340 e. The number of amides is 2. The van der Waals surface area contributed by atoms with Crippen molar-refractivity contribution in [2.75, 3.05) is 6.54 Å². The van der Waals surface area contributed by atoms with Gasteiger partial charge in [0.2, 0.25) is 11.8 Å². The zero-order chi connectivity index (χ0) is 14.1. The zero-order valence-corrected chi connectivity index (χ0v) is 12.0. The molecule has 1 spiro atoms. The highest BCUT2D eigenvalue weighted by Crippen LogP contribution is 2.39. The Morgan fingerprint density at radius 1 is 1.26 bits per heavy atom. The SMILES string of the molecule is C=CCN1C(=O)C2(CCCC2)NC(=O)C1(CC)CC. The highest BCUT2D eigenvalue weighted by atomic mass is 16.2. The van der Waals surface area contributed by atoms with E-state index in [-0.39, 0.29) is 11.8 Å². The molecule has 2 rings (SSSR count). The first-order chi connectivity index (χ1) is 9.06. The summed E-state index contributed by atoms with van der Waals surface area (Å²) in [5.41, 5.74) is -1.33. The van der Waals surface area contributed by atoms with Crippen LogP contribution in [0.15, 0.2) is 12.7 Å². The molecule has 19 heavy (non-hydrogen) atoms. The third-order valence-corrected chi connectivity index (χ3v) is 4.89. The molecule has 2 aliphatic rings. The maximum atomic E-state index is 12.9. The number of piperazine rings is 1. The Balaban J connectivity index is 2.42. The van der Waals surface area contributed by atoms with Gasteiger partial charge in [0, 0.05) is 6.54 Å². The number of carbonyl (C=O) groups excluding carboxylic acids is 2. The third kappa shape index (κ3) is 1.88. The van der Waals surface area contributed by atoms with E-state index >= 15 is 0 Å². The molecule has 4 heteroatoms. The van der Waals surface area contributed by atoms with Crippen LogP contribution in [-0.4, -0.2) is 34.3 Å². The first kappa shape index (κ1) is 14.1. The molecular weight excluding hydrogens is 240 g/mol. The average Bonchev–Trinajstić information content (AvgIpc) is 2.87. The average molecular weight is 264 g/mol. The van der Waals surface area contributed by atoms with Crippen LogP contribution in [0.5, 0.6) is 0 Å². The van der Waals surface area contributed by atoms with E-state index < -0.39 is 11.1 Å². The second-order valence-electron chi connectivity index (χ2n) is 5.69. The molecule has 0 unspecified atom stereocenters. The minimum Gasteiger partial charge on any atom is -0.340 e. The second kappa shape index (κ2) is 4.99. The Hall–Kier alpha value is -1.32. The fraction of sp³-hybridized carbons (Fsp3) is 0.733. The normalized spacial score (nSPS) is 24.6. The zero-order valence-electron chi connectivity index (χ0n) is 12.0. The summed E-state index contributed by atoms with van der Waals surface area (Å²) < 4.78 is 0. The number of rotatable bonds is 4. The summed E-state index contributed by atoms with van der Waals surface area (Å²) in [6.07, 6.45) is 6.58. The molecule has 0 radical (unpaired) electrons. The van der Waals surface area contributed by atoms with Gasteiger partial charge in [-0.1, -0.05) is 32.8 Å². The van der Waals surface area contributed by atoms with E-state index in [1.54, 1.807) is 11.0 Å². The van der Waals surface area contributed by atoms with Crippen LogP contribution in [-0.2, 0) is 9.59 Å². The fourth-order valence-electron chi connectivity index (χ4n) is 3.62. The van der Waals surface area contributed by atoms with Crippen LogP contribution in [0.1, 0.15) is 52.4 Å². The van der Waals surface area contributed by atoms with Gasteiger partial charge in [0.05, 0.1) is 0 Å². The van der Waals surface area contributed by atoms with Crippen molar-refractivity contribution in [3.63, 3.8) is 0 Å². The quantitative estimate of drug-likeness (QED) is 0.790. The van der Waals surface area contributed by atoms with Crippen LogP contribution in [0.25, 0.3) is 0 Å². The lowest BCUT2D eigenvalue weighted by Crippen LogP contribution is -2.74. The van der Waals surface area contributed by atoms with Gasteiger partial charge in [0.1, 0.15) is 11.1 Å². The summed E-state index contributed by atoms with van der Waals surface area (Å²) in [5.74, 6) is 0.106. The molecule has 1 heterocycles. The lowest BCUT2D eigenvalue weighted by atomic mass is 9.80. The van der Waals surface area contributed by atoms with Crippen molar-refractivity contribution in [3.05, 3.63) is 12.7 Å². The van der Waals surface area contributed by atoms with Crippen molar-refractivity contribution in [1.82, 2.24) is 10.2 Å². The van der Waals surface area contributed by atoms with E-state index in [0.717, 1.165) is 25.7 Å². The summed E-state index contributed by atoms with van der Waals surface area (Å²) in [6, 6.07) is 0. The van der Waals surface area contributed by atoms with E-state index in [4.69, 9.17) is 0 Å². The number of carbonyl (C=O) groups is 2. The standard InChI is InChI=1S/C15H24N2O2/c1-4-11-17-13(19)14(9-7-8-10-14)16-12(18)15(17,5-2)6-3/h4H,1,5-11H2,2-3H3,(H,16,18). The van der Waals surface area contributed by atoms with Crippen LogP contribution in [0.2, 0.25) is 0 Å². The van der Waals surface area contributed by atoms with E-state index in [9.17, 15) is 9.59 Å². The molecule has 1 aliphatic carbocycles. The Kier molecular flexibility index (Phi) is 3.70. The van der Waals surface area contributed by atoms with E-state index in [0.29, 0.717) is 19.4 Å². The first-order valence-corrected chi connectivity index (χ1v) is 7.32. The molecule has 0 aromatic carbocycles. The molecule has 2 fully saturated rings. The molecule has 106 valence electrons. The second-order valence-corrected chi connectivity index (χ2v) is 5.69. The van der Waals surface area contributed by atoms with Gasteiger partial charge in [-0.2, -0.15) is 0 Å². The molecule has 2 amide bonds. The van der Waals surface area contributed by atoms with Crippen LogP contribution in [0, 0.1) is 0 Å². The van der Waals surface area contributed by atoms with Crippen molar-refractivity contribution < 1.29 is 9.59 Å². The Morgan fingerprint density at radius 2 is 1.84 bits per heavy atom. The molecule has 1 N–H and O–H groups in total. The maximum Gasteiger partial charge on any atom is 0.249 e. The smallest absolute Gasteiger partial charge is 0.249 e.